The van der Waals surface area contributed by atoms with Gasteiger partial charge in [-0.05, 0) is 19.8 Å². The summed E-state index contributed by atoms with van der Waals surface area (Å²) < 4.78 is 10.7. The van der Waals surface area contributed by atoms with Gasteiger partial charge in [-0.1, -0.05) is 296 Å². The fraction of sp³-hybridized carbons (Fsp3) is 0.927. The van der Waals surface area contributed by atoms with Crippen molar-refractivity contribution in [3.05, 3.63) is 11.6 Å². The molecule has 0 N–H and O–H groups in total. The third-order valence-electron chi connectivity index (χ3n) is 12.6. The molecule has 4 heteroatoms. The zero-order valence-electron chi connectivity index (χ0n) is 40.7. The number of carbonyl (C=O) groups excluding carboxylic acids is 2. The molecule has 0 aromatic carbocycles. The summed E-state index contributed by atoms with van der Waals surface area (Å²) in [6.07, 6.45) is 64.2. The highest BCUT2D eigenvalue weighted by Gasteiger charge is 2.09. The number of esters is 2. The van der Waals surface area contributed by atoms with Crippen LogP contribution in [-0.4, -0.2) is 25.2 Å². The van der Waals surface area contributed by atoms with Crippen molar-refractivity contribution in [2.45, 2.75) is 316 Å². The summed E-state index contributed by atoms with van der Waals surface area (Å²) in [5.74, 6) is -0.835. The van der Waals surface area contributed by atoms with Crippen molar-refractivity contribution >= 4 is 11.9 Å². The predicted molar refractivity (Wildman–Crippen MR) is 259 cm³/mol. The van der Waals surface area contributed by atoms with Crippen LogP contribution in [0.3, 0.4) is 0 Å². The van der Waals surface area contributed by atoms with Crippen molar-refractivity contribution in [2.75, 3.05) is 13.2 Å². The van der Waals surface area contributed by atoms with Crippen LogP contribution in [0.5, 0.6) is 0 Å². The van der Waals surface area contributed by atoms with Crippen LogP contribution in [0.15, 0.2) is 11.6 Å². The lowest BCUT2D eigenvalue weighted by Crippen LogP contribution is -2.10. The molecule has 0 rings (SSSR count). The fourth-order valence-corrected chi connectivity index (χ4v) is 8.50. The Hall–Kier alpha value is -1.32. The molecule has 4 nitrogen and oxygen atoms in total. The van der Waals surface area contributed by atoms with Crippen molar-refractivity contribution in [3.8, 4) is 0 Å². The second-order valence-corrected chi connectivity index (χ2v) is 18.7. The molecule has 0 fully saturated rings. The van der Waals surface area contributed by atoms with E-state index in [4.69, 9.17) is 9.47 Å². The van der Waals surface area contributed by atoms with E-state index in [1.54, 1.807) is 6.92 Å². The van der Waals surface area contributed by atoms with Gasteiger partial charge in [-0.2, -0.15) is 0 Å². The van der Waals surface area contributed by atoms with Gasteiger partial charge < -0.3 is 9.47 Å². The Balaban J connectivity index is 3.37. The van der Waals surface area contributed by atoms with E-state index in [1.807, 2.05) is 0 Å². The van der Waals surface area contributed by atoms with Crippen LogP contribution in [0.4, 0.5) is 0 Å². The predicted octanol–water partition coefficient (Wildman–Crippen LogP) is 19.0. The molecule has 0 unspecified atom stereocenters. The topological polar surface area (TPSA) is 52.6 Å². The molecule has 0 radical (unpaired) electrons. The summed E-state index contributed by atoms with van der Waals surface area (Å²) in [6, 6.07) is 0. The molecule has 0 aliphatic heterocycles. The van der Waals surface area contributed by atoms with Crippen LogP contribution in [0.1, 0.15) is 316 Å². The van der Waals surface area contributed by atoms with Gasteiger partial charge in [0.1, 0.15) is 0 Å². The maximum Gasteiger partial charge on any atom is 0.333 e. The van der Waals surface area contributed by atoms with Gasteiger partial charge in [0, 0.05) is 11.6 Å². The number of hydrogen-bond acceptors (Lipinski definition) is 4. The van der Waals surface area contributed by atoms with Crippen LogP contribution in [-0.2, 0) is 19.1 Å². The molecule has 0 aliphatic rings. The summed E-state index contributed by atoms with van der Waals surface area (Å²) in [4.78, 5) is 24.4. The van der Waals surface area contributed by atoms with Crippen molar-refractivity contribution in [1.29, 1.82) is 0 Å². The summed E-state index contributed by atoms with van der Waals surface area (Å²) in [5, 5.41) is 0. The number of carbonyl (C=O) groups is 2. The first-order chi connectivity index (χ1) is 29.1. The van der Waals surface area contributed by atoms with Crippen LogP contribution >= 0.6 is 0 Å². The largest absolute Gasteiger partial charge is 0.463 e. The Bertz CT molecular complexity index is 865. The Kier molecular flexibility index (Phi) is 49.9. The molecule has 0 aromatic heterocycles. The second kappa shape index (κ2) is 51.0. The number of ether oxygens (including phenoxy) is 2. The first-order valence-corrected chi connectivity index (χ1v) is 27.1. The van der Waals surface area contributed by atoms with Crippen molar-refractivity contribution in [1.82, 2.24) is 0 Å². The van der Waals surface area contributed by atoms with Gasteiger partial charge in [-0.3, -0.25) is 0 Å². The molecule has 350 valence electrons. The SMILES string of the molecule is CCCCCCCCCCCCCCCCCCCCCCCCCOC(=O)/C=C(/C)C(=O)OCCCCCCCCCCCCCCCCCCCCCCCCC. The second-order valence-electron chi connectivity index (χ2n) is 18.7. The minimum Gasteiger partial charge on any atom is -0.463 e. The highest BCUT2D eigenvalue weighted by molar-refractivity contribution is 5.95. The molecule has 0 saturated carbocycles. The lowest BCUT2D eigenvalue weighted by atomic mass is 10.0. The Morgan fingerprint density at radius 1 is 0.288 bits per heavy atom. The van der Waals surface area contributed by atoms with Gasteiger partial charge in [0.15, 0.2) is 0 Å². The van der Waals surface area contributed by atoms with Crippen molar-refractivity contribution in [2.24, 2.45) is 0 Å². The summed E-state index contributed by atoms with van der Waals surface area (Å²) in [5.41, 5.74) is 0.327. The molecule has 0 heterocycles. The first kappa shape index (κ1) is 57.7. The third-order valence-corrected chi connectivity index (χ3v) is 12.6. The van der Waals surface area contributed by atoms with Gasteiger partial charge in [0.2, 0.25) is 0 Å². The molecular formula is C55H106O4. The highest BCUT2D eigenvalue weighted by Crippen LogP contribution is 2.18. The standard InChI is InChI=1S/C55H106O4/c1-4-6-8-10-12-14-16-18-20-22-24-26-28-30-32-34-36-38-40-42-44-46-48-50-58-54(56)52-53(3)55(57)59-51-49-47-45-43-41-39-37-35-33-31-29-27-25-23-21-19-17-15-13-11-9-7-5-2/h52H,4-51H2,1-3H3/b53-52-. The summed E-state index contributed by atoms with van der Waals surface area (Å²) >= 11 is 0. The van der Waals surface area contributed by atoms with E-state index < -0.39 is 11.9 Å². The molecule has 0 atom stereocenters. The Morgan fingerprint density at radius 3 is 0.695 bits per heavy atom. The lowest BCUT2D eigenvalue weighted by molar-refractivity contribution is -0.141. The molecule has 0 amide bonds. The number of unbranched alkanes of at least 4 members (excludes halogenated alkanes) is 44. The Morgan fingerprint density at radius 2 is 0.475 bits per heavy atom. The van der Waals surface area contributed by atoms with E-state index in [0.717, 1.165) is 25.7 Å². The molecule has 0 spiro atoms. The zero-order chi connectivity index (χ0) is 42.8. The van der Waals surface area contributed by atoms with Crippen molar-refractivity contribution in [3.63, 3.8) is 0 Å². The van der Waals surface area contributed by atoms with Gasteiger partial charge in [-0.15, -0.1) is 0 Å². The minimum absolute atomic E-state index is 0.327. The maximum absolute atomic E-state index is 12.3. The maximum atomic E-state index is 12.3. The monoisotopic (exact) mass is 831 g/mol. The fourth-order valence-electron chi connectivity index (χ4n) is 8.50. The minimum atomic E-state index is -0.433. The normalized spacial score (nSPS) is 11.7. The third kappa shape index (κ3) is 49.2. The van der Waals surface area contributed by atoms with E-state index in [-0.39, 0.29) is 0 Å². The van der Waals surface area contributed by atoms with Crippen molar-refractivity contribution < 1.29 is 19.1 Å². The van der Waals surface area contributed by atoms with Gasteiger partial charge in [-0.25, -0.2) is 9.59 Å². The Labute approximate surface area is 370 Å². The smallest absolute Gasteiger partial charge is 0.333 e. The van der Waals surface area contributed by atoms with Crippen LogP contribution in [0.25, 0.3) is 0 Å². The van der Waals surface area contributed by atoms with Gasteiger partial charge >= 0.3 is 11.9 Å². The molecule has 0 saturated heterocycles. The number of hydrogen-bond donors (Lipinski definition) is 0. The molecule has 0 aromatic rings. The summed E-state index contributed by atoms with van der Waals surface area (Å²) in [6.45, 7) is 7.09. The lowest BCUT2D eigenvalue weighted by Gasteiger charge is -2.06. The molecule has 0 bridgehead atoms. The average Bonchev–Trinajstić information content (AvgIpc) is 3.23. The van der Waals surface area contributed by atoms with E-state index in [0.29, 0.717) is 18.8 Å². The van der Waals surface area contributed by atoms with E-state index >= 15 is 0 Å². The van der Waals surface area contributed by atoms with Crippen LogP contribution in [0, 0.1) is 0 Å². The molecule has 59 heavy (non-hydrogen) atoms. The summed E-state index contributed by atoms with van der Waals surface area (Å²) in [7, 11) is 0. The quantitative estimate of drug-likeness (QED) is 0.0348. The van der Waals surface area contributed by atoms with Gasteiger partial charge in [0.05, 0.1) is 13.2 Å². The van der Waals surface area contributed by atoms with E-state index in [2.05, 4.69) is 13.8 Å². The van der Waals surface area contributed by atoms with Gasteiger partial charge in [0.25, 0.3) is 0 Å². The van der Waals surface area contributed by atoms with Crippen LogP contribution < -0.4 is 0 Å². The molecule has 0 aliphatic carbocycles. The first-order valence-electron chi connectivity index (χ1n) is 27.1. The number of rotatable bonds is 50. The van der Waals surface area contributed by atoms with Crippen LogP contribution in [0.2, 0.25) is 0 Å². The average molecular weight is 831 g/mol. The highest BCUT2D eigenvalue weighted by atomic mass is 16.5. The van der Waals surface area contributed by atoms with E-state index in [1.165, 1.54) is 276 Å². The van der Waals surface area contributed by atoms with E-state index in [9.17, 15) is 9.59 Å². The zero-order valence-corrected chi connectivity index (χ0v) is 40.7. The molecular weight excluding hydrogens is 725 g/mol.